The summed E-state index contributed by atoms with van der Waals surface area (Å²) in [5, 5.41) is 3.26. The molecule has 0 unspecified atom stereocenters. The van der Waals surface area contributed by atoms with E-state index in [2.05, 4.69) is 25.2 Å². The summed E-state index contributed by atoms with van der Waals surface area (Å²) in [7, 11) is 0. The normalized spacial score (nSPS) is 17.5. The van der Waals surface area contributed by atoms with Crippen LogP contribution in [-0.4, -0.2) is 35.4 Å². The molecule has 1 aromatic heterocycles. The fraction of sp³-hybridized carbons (Fsp3) is 0.320. The van der Waals surface area contributed by atoms with Crippen molar-refractivity contribution in [2.24, 2.45) is 4.99 Å². The topological polar surface area (TPSA) is 62.6 Å². The summed E-state index contributed by atoms with van der Waals surface area (Å²) in [4.78, 5) is 15.8. The first-order valence-corrected chi connectivity index (χ1v) is 11.0. The molecule has 3 aliphatic rings. The molecule has 164 valence electrons. The Balaban J connectivity index is 1.45. The molecule has 7 heteroatoms. The lowest BCUT2D eigenvalue weighted by Gasteiger charge is -2.18. The van der Waals surface area contributed by atoms with Crippen LogP contribution < -0.4 is 15.0 Å². The number of rotatable bonds is 5. The van der Waals surface area contributed by atoms with Gasteiger partial charge in [-0.15, -0.1) is 0 Å². The second-order valence-electron chi connectivity index (χ2n) is 8.35. The maximum Gasteiger partial charge on any atom is 0.326 e. The number of anilines is 2. The Kier molecular flexibility index (Phi) is 5.47. The molecule has 1 aliphatic carbocycles. The molecular formula is C25H26FN5O. The van der Waals surface area contributed by atoms with Crippen LogP contribution >= 0.6 is 0 Å². The number of benzene rings is 1. The van der Waals surface area contributed by atoms with E-state index in [-0.39, 0.29) is 17.6 Å². The molecule has 1 fully saturated rings. The number of fused-ring (bicyclic) bond motifs is 1. The van der Waals surface area contributed by atoms with Crippen molar-refractivity contribution in [1.82, 2.24) is 9.97 Å². The van der Waals surface area contributed by atoms with Gasteiger partial charge in [0.2, 0.25) is 0 Å². The lowest BCUT2D eigenvalue weighted by Crippen LogP contribution is -2.20. The van der Waals surface area contributed by atoms with Crippen LogP contribution in [0.3, 0.4) is 0 Å². The van der Waals surface area contributed by atoms with Crippen LogP contribution in [0.2, 0.25) is 0 Å². The monoisotopic (exact) mass is 431 g/mol. The van der Waals surface area contributed by atoms with Crippen LogP contribution in [0, 0.1) is 5.82 Å². The van der Waals surface area contributed by atoms with Crippen molar-refractivity contribution in [1.29, 1.82) is 0 Å². The van der Waals surface area contributed by atoms with Crippen molar-refractivity contribution in [3.8, 4) is 11.8 Å². The van der Waals surface area contributed by atoms with Crippen molar-refractivity contribution < 1.29 is 9.13 Å². The zero-order valence-corrected chi connectivity index (χ0v) is 18.4. The summed E-state index contributed by atoms with van der Waals surface area (Å²) < 4.78 is 21.0. The molecule has 1 saturated heterocycles. The van der Waals surface area contributed by atoms with Crippen LogP contribution in [0.25, 0.3) is 6.08 Å². The first kappa shape index (κ1) is 20.4. The molecule has 0 atom stereocenters. The van der Waals surface area contributed by atoms with Crippen LogP contribution in [0.15, 0.2) is 52.6 Å². The molecule has 6 nitrogen and oxygen atoms in total. The number of amidine groups is 1. The molecular weight excluding hydrogens is 405 g/mol. The number of hydrogen-bond donors (Lipinski definition) is 1. The van der Waals surface area contributed by atoms with Gasteiger partial charge in [-0.25, -0.2) is 4.39 Å². The molecule has 0 spiro atoms. The molecule has 2 aliphatic heterocycles. The van der Waals surface area contributed by atoms with Crippen molar-refractivity contribution in [2.45, 2.75) is 33.1 Å². The van der Waals surface area contributed by atoms with E-state index in [9.17, 15) is 0 Å². The molecule has 32 heavy (non-hydrogen) atoms. The minimum atomic E-state index is -0.372. The number of nitrogens with one attached hydrogen (secondary N) is 1. The van der Waals surface area contributed by atoms with E-state index in [1.54, 1.807) is 6.07 Å². The molecule has 1 aromatic carbocycles. The van der Waals surface area contributed by atoms with Gasteiger partial charge in [-0.3, -0.25) is 4.99 Å². The predicted molar refractivity (Wildman–Crippen MR) is 126 cm³/mol. The van der Waals surface area contributed by atoms with Gasteiger partial charge in [0.25, 0.3) is 0 Å². The SMILES string of the molecule is C/C=C/C1=CC(Nc2cc(N3CCCC3)nc(Oc3ccc4c(c3F)C=C(C)C4)n2)=NC1. The number of halogens is 1. The third-order valence-electron chi connectivity index (χ3n) is 5.81. The van der Waals surface area contributed by atoms with E-state index in [0.717, 1.165) is 60.7 Å². The van der Waals surface area contributed by atoms with Gasteiger partial charge in [0, 0.05) is 24.7 Å². The largest absolute Gasteiger partial charge is 0.421 e. The van der Waals surface area contributed by atoms with Gasteiger partial charge in [-0.05, 0) is 56.4 Å². The van der Waals surface area contributed by atoms with Gasteiger partial charge in [0.1, 0.15) is 17.5 Å². The van der Waals surface area contributed by atoms with E-state index < -0.39 is 0 Å². The van der Waals surface area contributed by atoms with Crippen molar-refractivity contribution in [2.75, 3.05) is 29.9 Å². The first-order valence-electron chi connectivity index (χ1n) is 11.0. The van der Waals surface area contributed by atoms with Gasteiger partial charge in [-0.1, -0.05) is 29.9 Å². The smallest absolute Gasteiger partial charge is 0.326 e. The summed E-state index contributed by atoms with van der Waals surface area (Å²) in [6.07, 6.45) is 10.9. The van der Waals surface area contributed by atoms with Gasteiger partial charge in [-0.2, -0.15) is 9.97 Å². The maximum absolute atomic E-state index is 15.1. The fourth-order valence-electron chi connectivity index (χ4n) is 4.29. The third-order valence-corrected chi connectivity index (χ3v) is 5.81. The fourth-order valence-corrected chi connectivity index (χ4v) is 4.29. The number of ether oxygens (including phenoxy) is 1. The van der Waals surface area contributed by atoms with E-state index >= 15 is 4.39 Å². The average Bonchev–Trinajstić information content (AvgIpc) is 3.52. The lowest BCUT2D eigenvalue weighted by atomic mass is 10.1. The summed E-state index contributed by atoms with van der Waals surface area (Å²) >= 11 is 0. The molecule has 0 bridgehead atoms. The van der Waals surface area contributed by atoms with Gasteiger partial charge in [0.15, 0.2) is 11.6 Å². The van der Waals surface area contributed by atoms with Crippen LogP contribution in [0.4, 0.5) is 16.0 Å². The summed E-state index contributed by atoms with van der Waals surface area (Å²) in [6, 6.07) is 5.58. The highest BCUT2D eigenvalue weighted by Crippen LogP contribution is 2.34. The molecule has 5 rings (SSSR count). The number of allylic oxidation sites excluding steroid dienone is 2. The van der Waals surface area contributed by atoms with Crippen LogP contribution in [0.1, 0.15) is 37.8 Å². The Morgan fingerprint density at radius 2 is 2.00 bits per heavy atom. The summed E-state index contributed by atoms with van der Waals surface area (Å²) in [5.74, 6) is 1.84. The average molecular weight is 432 g/mol. The Morgan fingerprint density at radius 3 is 2.81 bits per heavy atom. The number of nitrogens with zero attached hydrogens (tertiary/aromatic N) is 4. The lowest BCUT2D eigenvalue weighted by molar-refractivity contribution is 0.411. The van der Waals surface area contributed by atoms with Crippen molar-refractivity contribution >= 4 is 23.5 Å². The number of aliphatic imine (C=N–C) groups is 1. The van der Waals surface area contributed by atoms with Crippen molar-refractivity contribution in [3.05, 3.63) is 64.5 Å². The second-order valence-corrected chi connectivity index (χ2v) is 8.35. The predicted octanol–water partition coefficient (Wildman–Crippen LogP) is 5.29. The quantitative estimate of drug-likeness (QED) is 0.697. The molecule has 0 radical (unpaired) electrons. The summed E-state index contributed by atoms with van der Waals surface area (Å²) in [6.45, 7) is 6.48. The molecule has 1 N–H and O–H groups in total. The third kappa shape index (κ3) is 4.15. The Morgan fingerprint density at radius 1 is 1.16 bits per heavy atom. The summed E-state index contributed by atoms with van der Waals surface area (Å²) in [5.41, 5.74) is 3.83. The van der Waals surface area contributed by atoms with Crippen molar-refractivity contribution in [3.63, 3.8) is 0 Å². The molecule has 3 heterocycles. The standard InChI is InChI=1S/C25H26FN5O/c1-3-6-17-13-21(27-15-17)28-22-14-23(31-9-4-5-10-31)30-25(29-22)32-20-8-7-18-11-16(2)12-19(18)24(20)26/h3,6-8,12-14H,4-5,9-11,15H2,1-2H3,(H,27,28,29,30)/b6-3+. The minimum absolute atomic E-state index is 0.116. The van der Waals surface area contributed by atoms with E-state index in [4.69, 9.17) is 4.74 Å². The highest BCUT2D eigenvalue weighted by molar-refractivity contribution is 6.05. The zero-order valence-electron chi connectivity index (χ0n) is 18.4. The van der Waals surface area contributed by atoms with Crippen LogP contribution in [-0.2, 0) is 6.42 Å². The number of aromatic nitrogens is 2. The van der Waals surface area contributed by atoms with Gasteiger partial charge < -0.3 is 15.0 Å². The Labute approximate surface area is 187 Å². The van der Waals surface area contributed by atoms with Gasteiger partial charge in [0.05, 0.1) is 6.54 Å². The van der Waals surface area contributed by atoms with E-state index in [1.165, 1.54) is 0 Å². The highest BCUT2D eigenvalue weighted by atomic mass is 19.1. The second kappa shape index (κ2) is 8.57. The maximum atomic E-state index is 15.1. The van der Waals surface area contributed by atoms with Crippen LogP contribution in [0.5, 0.6) is 11.8 Å². The Bertz CT molecular complexity index is 1180. The first-order chi connectivity index (χ1) is 15.6. The van der Waals surface area contributed by atoms with E-state index in [0.29, 0.717) is 17.9 Å². The molecule has 2 aromatic rings. The van der Waals surface area contributed by atoms with Gasteiger partial charge >= 0.3 is 6.01 Å². The molecule has 0 saturated carbocycles. The highest BCUT2D eigenvalue weighted by Gasteiger charge is 2.21. The molecule has 0 amide bonds. The Hall–Kier alpha value is -3.48. The van der Waals surface area contributed by atoms with E-state index in [1.807, 2.05) is 50.3 Å². The number of hydrogen-bond acceptors (Lipinski definition) is 6. The minimum Gasteiger partial charge on any atom is -0.421 e. The zero-order chi connectivity index (χ0) is 22.1.